The van der Waals surface area contributed by atoms with Gasteiger partial charge < -0.3 is 4.90 Å². The third-order valence-electron chi connectivity index (χ3n) is 5.51. The Morgan fingerprint density at radius 3 is 2.34 bits per heavy atom. The van der Waals surface area contributed by atoms with Crippen LogP contribution >= 0.6 is 12.2 Å². The first-order valence-corrected chi connectivity index (χ1v) is 10.5. The summed E-state index contributed by atoms with van der Waals surface area (Å²) in [7, 11) is 1.93. The van der Waals surface area contributed by atoms with E-state index >= 15 is 0 Å². The quantitative estimate of drug-likeness (QED) is 0.619. The fourth-order valence-electron chi connectivity index (χ4n) is 3.85. The molecular formula is C20H26F3N5S. The van der Waals surface area contributed by atoms with Crippen molar-refractivity contribution in [3.05, 3.63) is 40.2 Å². The van der Waals surface area contributed by atoms with Gasteiger partial charge in [0.15, 0.2) is 0 Å². The van der Waals surface area contributed by atoms with E-state index in [1.54, 1.807) is 0 Å². The average Bonchev–Trinajstić information content (AvgIpc) is 3.47. The lowest BCUT2D eigenvalue weighted by atomic mass is 10.1. The molecule has 29 heavy (non-hydrogen) atoms. The first kappa shape index (κ1) is 20.4. The molecule has 1 aliphatic heterocycles. The van der Waals surface area contributed by atoms with Gasteiger partial charge in [-0.2, -0.15) is 13.2 Å². The Kier molecular flexibility index (Phi) is 5.70. The van der Waals surface area contributed by atoms with Crippen LogP contribution in [0.1, 0.15) is 49.3 Å². The Balaban J connectivity index is 1.48. The zero-order valence-electron chi connectivity index (χ0n) is 16.5. The molecule has 1 aromatic heterocycles. The molecule has 4 rings (SSSR count). The van der Waals surface area contributed by atoms with Crippen molar-refractivity contribution >= 4 is 18.2 Å². The monoisotopic (exact) mass is 425 g/mol. The second kappa shape index (κ2) is 8.10. The second-order valence-corrected chi connectivity index (χ2v) is 8.45. The van der Waals surface area contributed by atoms with Crippen molar-refractivity contribution in [2.45, 2.75) is 57.5 Å². The molecule has 1 saturated carbocycles. The van der Waals surface area contributed by atoms with Crippen LogP contribution in [0.3, 0.4) is 0 Å². The molecule has 5 nitrogen and oxygen atoms in total. The summed E-state index contributed by atoms with van der Waals surface area (Å²) in [5, 5.41) is 4.83. The number of aromatic nitrogens is 3. The molecule has 0 radical (unpaired) electrons. The van der Waals surface area contributed by atoms with E-state index in [2.05, 4.69) is 9.47 Å². The van der Waals surface area contributed by atoms with Crippen LogP contribution < -0.4 is 4.90 Å². The fourth-order valence-corrected chi connectivity index (χ4v) is 4.18. The number of halogens is 3. The van der Waals surface area contributed by atoms with Gasteiger partial charge in [-0.15, -0.1) is 5.10 Å². The number of hydrogen-bond acceptors (Lipinski definition) is 4. The SMILES string of the molecule is CN(Cc1ccc(C(F)(F)F)cc1)Cn1nc(N2CCCCC2)n(C2CC2)c1=S. The summed E-state index contributed by atoms with van der Waals surface area (Å²) >= 11 is 5.72. The predicted octanol–water partition coefficient (Wildman–Crippen LogP) is 4.85. The topological polar surface area (TPSA) is 29.2 Å². The molecule has 0 atom stereocenters. The summed E-state index contributed by atoms with van der Waals surface area (Å²) in [6, 6.07) is 5.77. The summed E-state index contributed by atoms with van der Waals surface area (Å²) in [5.74, 6) is 0.972. The minimum Gasteiger partial charge on any atom is -0.341 e. The highest BCUT2D eigenvalue weighted by Gasteiger charge is 2.31. The van der Waals surface area contributed by atoms with E-state index in [-0.39, 0.29) is 0 Å². The number of anilines is 1. The van der Waals surface area contributed by atoms with Gasteiger partial charge in [-0.3, -0.25) is 9.47 Å². The van der Waals surface area contributed by atoms with Gasteiger partial charge in [0.2, 0.25) is 10.7 Å². The van der Waals surface area contributed by atoms with Gasteiger partial charge in [0.1, 0.15) is 0 Å². The van der Waals surface area contributed by atoms with E-state index < -0.39 is 11.7 Å². The molecular weight excluding hydrogens is 399 g/mol. The van der Waals surface area contributed by atoms with Crippen molar-refractivity contribution in [2.24, 2.45) is 0 Å². The molecule has 1 aromatic carbocycles. The minimum atomic E-state index is -4.31. The Morgan fingerprint density at radius 1 is 1.10 bits per heavy atom. The summed E-state index contributed by atoms with van der Waals surface area (Å²) in [6.07, 6.45) is 1.59. The van der Waals surface area contributed by atoms with Crippen LogP contribution in [0.15, 0.2) is 24.3 Å². The lowest BCUT2D eigenvalue weighted by Crippen LogP contribution is -2.32. The molecule has 0 N–H and O–H groups in total. The maximum Gasteiger partial charge on any atom is 0.416 e. The fraction of sp³-hybridized carbons (Fsp3) is 0.600. The average molecular weight is 426 g/mol. The third kappa shape index (κ3) is 4.66. The van der Waals surface area contributed by atoms with E-state index in [0.717, 1.165) is 54.3 Å². The van der Waals surface area contributed by atoms with Crippen LogP contribution in [-0.4, -0.2) is 39.4 Å². The Morgan fingerprint density at radius 2 is 1.76 bits per heavy atom. The molecule has 1 aliphatic carbocycles. The summed E-state index contributed by atoms with van der Waals surface area (Å²) in [4.78, 5) is 4.35. The zero-order valence-corrected chi connectivity index (χ0v) is 17.3. The molecule has 2 fully saturated rings. The van der Waals surface area contributed by atoms with Crippen molar-refractivity contribution < 1.29 is 13.2 Å². The van der Waals surface area contributed by atoms with Crippen molar-refractivity contribution in [3.8, 4) is 0 Å². The normalized spacial score (nSPS) is 17.9. The maximum atomic E-state index is 12.7. The van der Waals surface area contributed by atoms with Crippen LogP contribution in [0.4, 0.5) is 19.1 Å². The minimum absolute atomic E-state index is 0.452. The van der Waals surface area contributed by atoms with E-state index in [9.17, 15) is 13.2 Å². The van der Waals surface area contributed by atoms with E-state index in [1.807, 2.05) is 16.6 Å². The Hall–Kier alpha value is -1.87. The number of hydrogen-bond donors (Lipinski definition) is 0. The molecule has 0 bridgehead atoms. The first-order valence-electron chi connectivity index (χ1n) is 10.1. The maximum absolute atomic E-state index is 12.7. The van der Waals surface area contributed by atoms with Crippen molar-refractivity contribution in [3.63, 3.8) is 0 Å². The Bertz CT molecular complexity index is 892. The molecule has 2 aliphatic rings. The second-order valence-electron chi connectivity index (χ2n) is 8.08. The van der Waals surface area contributed by atoms with E-state index in [1.165, 1.54) is 31.4 Å². The van der Waals surface area contributed by atoms with Crippen molar-refractivity contribution in [1.29, 1.82) is 0 Å². The summed E-state index contributed by atoms with van der Waals surface area (Å²) < 4.78 is 43.0. The lowest BCUT2D eigenvalue weighted by molar-refractivity contribution is -0.137. The highest BCUT2D eigenvalue weighted by Crippen LogP contribution is 2.38. The van der Waals surface area contributed by atoms with E-state index in [0.29, 0.717) is 19.3 Å². The number of benzene rings is 1. The Labute approximate surface area is 173 Å². The predicted molar refractivity (Wildman–Crippen MR) is 108 cm³/mol. The molecule has 2 heterocycles. The van der Waals surface area contributed by atoms with Crippen LogP contribution in [0.2, 0.25) is 0 Å². The number of piperidine rings is 1. The molecule has 1 saturated heterocycles. The van der Waals surface area contributed by atoms with E-state index in [4.69, 9.17) is 17.3 Å². The van der Waals surface area contributed by atoms with Crippen LogP contribution in [0, 0.1) is 4.77 Å². The standard InChI is InChI=1S/C20H26F3N5S/c1-25(13-15-5-7-16(8-6-15)20(21,22)23)14-27-19(29)28(17-9-10-17)18(24-27)26-11-3-2-4-12-26/h5-8,17H,2-4,9-14H2,1H3. The summed E-state index contributed by atoms with van der Waals surface area (Å²) in [6.45, 7) is 3.05. The van der Waals surface area contributed by atoms with Crippen molar-refractivity contribution in [2.75, 3.05) is 25.0 Å². The van der Waals surface area contributed by atoms with Crippen LogP contribution in [-0.2, 0) is 19.4 Å². The smallest absolute Gasteiger partial charge is 0.341 e. The van der Waals surface area contributed by atoms with Gasteiger partial charge in [-0.05, 0) is 69.1 Å². The van der Waals surface area contributed by atoms with Crippen LogP contribution in [0.5, 0.6) is 0 Å². The highest BCUT2D eigenvalue weighted by atomic mass is 32.1. The zero-order chi connectivity index (χ0) is 20.6. The van der Waals surface area contributed by atoms with Crippen LogP contribution in [0.25, 0.3) is 0 Å². The molecule has 9 heteroatoms. The first-order chi connectivity index (χ1) is 13.8. The molecule has 0 unspecified atom stereocenters. The number of alkyl halides is 3. The molecule has 0 amide bonds. The third-order valence-corrected chi connectivity index (χ3v) is 5.92. The molecule has 2 aromatic rings. The van der Waals surface area contributed by atoms with Gasteiger partial charge in [-0.25, -0.2) is 4.68 Å². The van der Waals surface area contributed by atoms with Gasteiger partial charge in [0.05, 0.1) is 12.2 Å². The van der Waals surface area contributed by atoms with Gasteiger partial charge >= 0.3 is 6.18 Å². The van der Waals surface area contributed by atoms with Gasteiger partial charge in [0, 0.05) is 25.7 Å². The van der Waals surface area contributed by atoms with Crippen molar-refractivity contribution in [1.82, 2.24) is 19.2 Å². The number of rotatable bonds is 6. The largest absolute Gasteiger partial charge is 0.416 e. The van der Waals surface area contributed by atoms with Gasteiger partial charge in [0.25, 0.3) is 0 Å². The number of nitrogens with zero attached hydrogens (tertiary/aromatic N) is 5. The molecule has 158 valence electrons. The summed E-state index contributed by atoms with van der Waals surface area (Å²) in [5.41, 5.74) is 0.199. The van der Waals surface area contributed by atoms with Gasteiger partial charge in [-0.1, -0.05) is 12.1 Å². The molecule has 0 spiro atoms. The highest BCUT2D eigenvalue weighted by molar-refractivity contribution is 7.71. The lowest BCUT2D eigenvalue weighted by Gasteiger charge is -2.27.